The Balaban J connectivity index is 2.63. The van der Waals surface area contributed by atoms with E-state index in [0.717, 1.165) is 5.56 Å². The van der Waals surface area contributed by atoms with Crippen LogP contribution in [0, 0.1) is 0 Å². The van der Waals surface area contributed by atoms with Gasteiger partial charge in [-0.05, 0) is 31.5 Å². The second-order valence-electron chi connectivity index (χ2n) is 4.15. The van der Waals surface area contributed by atoms with E-state index in [-0.39, 0.29) is 5.60 Å². The van der Waals surface area contributed by atoms with Crippen LogP contribution in [0.1, 0.15) is 26.3 Å². The molecular weight excluding hydrogens is 188 g/mol. The van der Waals surface area contributed by atoms with E-state index in [2.05, 4.69) is 39.5 Å². The summed E-state index contributed by atoms with van der Waals surface area (Å²) in [6.07, 6.45) is 1.85. The smallest absolute Gasteiger partial charge is 0.269 e. The van der Waals surface area contributed by atoms with Gasteiger partial charge in [-0.15, -0.1) is 0 Å². The van der Waals surface area contributed by atoms with E-state index < -0.39 is 0 Å². The Labute approximate surface area is 88.7 Å². The van der Waals surface area contributed by atoms with Crippen molar-refractivity contribution in [2.75, 3.05) is 0 Å². The van der Waals surface area contributed by atoms with E-state index in [4.69, 9.17) is 4.43 Å². The van der Waals surface area contributed by atoms with E-state index in [0.29, 0.717) is 9.76 Å². The molecule has 0 fully saturated rings. The summed E-state index contributed by atoms with van der Waals surface area (Å²) in [7, 11) is 0.408. The van der Waals surface area contributed by atoms with Gasteiger partial charge in [0, 0.05) is 5.60 Å². The molecule has 0 bridgehead atoms. The lowest BCUT2D eigenvalue weighted by molar-refractivity contribution is 0.142. The highest BCUT2D eigenvalue weighted by molar-refractivity contribution is 6.47. The average molecular weight is 204 g/mol. The van der Waals surface area contributed by atoms with Crippen LogP contribution in [0.4, 0.5) is 0 Å². The molecule has 74 valence electrons. The van der Waals surface area contributed by atoms with Crippen LogP contribution in [0.3, 0.4) is 0 Å². The zero-order valence-corrected chi connectivity index (χ0v) is 10.0. The molecule has 0 heterocycles. The summed E-state index contributed by atoms with van der Waals surface area (Å²) in [4.78, 5) is 0. The van der Waals surface area contributed by atoms with Gasteiger partial charge in [-0.25, -0.2) is 0 Å². The van der Waals surface area contributed by atoms with Gasteiger partial charge in [-0.3, -0.25) is 0 Å². The molecule has 0 unspecified atom stereocenters. The maximum atomic E-state index is 5.71. The average Bonchev–Trinajstić information content (AvgIpc) is 2.14. The highest BCUT2D eigenvalue weighted by atomic mass is 28.2. The first-order chi connectivity index (χ1) is 6.51. The number of hydrogen-bond donors (Lipinski definition) is 0. The van der Waals surface area contributed by atoms with Gasteiger partial charge in [-0.2, -0.15) is 0 Å². The van der Waals surface area contributed by atoms with Gasteiger partial charge in [0.15, 0.2) is 0 Å². The minimum Gasteiger partial charge on any atom is -0.407 e. The van der Waals surface area contributed by atoms with Crippen LogP contribution in [0.25, 0.3) is 6.08 Å². The van der Waals surface area contributed by atoms with Crippen molar-refractivity contribution in [2.45, 2.75) is 26.4 Å². The third-order valence-corrected chi connectivity index (χ3v) is 2.86. The van der Waals surface area contributed by atoms with E-state index in [1.165, 1.54) is 5.19 Å². The zero-order valence-electron chi connectivity index (χ0n) is 9.00. The van der Waals surface area contributed by atoms with Crippen molar-refractivity contribution >= 4 is 21.0 Å². The number of benzene rings is 1. The molecule has 0 spiro atoms. The van der Waals surface area contributed by atoms with Crippen LogP contribution in [-0.2, 0) is 4.43 Å². The summed E-state index contributed by atoms with van der Waals surface area (Å²) in [6.45, 7) is 9.94. The molecule has 0 aliphatic heterocycles. The van der Waals surface area contributed by atoms with Gasteiger partial charge >= 0.3 is 0 Å². The van der Waals surface area contributed by atoms with Crippen molar-refractivity contribution in [1.29, 1.82) is 0 Å². The van der Waals surface area contributed by atoms with Crippen LogP contribution in [0.5, 0.6) is 0 Å². The molecule has 1 nitrogen and oxygen atoms in total. The molecule has 1 aromatic rings. The molecule has 0 aliphatic rings. The van der Waals surface area contributed by atoms with Gasteiger partial charge in [0.1, 0.15) is 0 Å². The van der Waals surface area contributed by atoms with Crippen molar-refractivity contribution < 1.29 is 4.43 Å². The Morgan fingerprint density at radius 2 is 2.07 bits per heavy atom. The van der Waals surface area contributed by atoms with Crippen molar-refractivity contribution in [3.05, 3.63) is 36.4 Å². The summed E-state index contributed by atoms with van der Waals surface area (Å²) >= 11 is 0. The molecule has 0 aromatic heterocycles. The van der Waals surface area contributed by atoms with Gasteiger partial charge in [0.25, 0.3) is 9.76 Å². The SMILES string of the molecule is C=Cc1cccc([Si]OC(C)(C)C)c1. The van der Waals surface area contributed by atoms with Crippen LogP contribution in [0.2, 0.25) is 0 Å². The van der Waals surface area contributed by atoms with Gasteiger partial charge in [0.2, 0.25) is 0 Å². The van der Waals surface area contributed by atoms with E-state index in [9.17, 15) is 0 Å². The molecule has 0 atom stereocenters. The molecule has 14 heavy (non-hydrogen) atoms. The van der Waals surface area contributed by atoms with Gasteiger partial charge in [0.05, 0.1) is 0 Å². The fourth-order valence-electron chi connectivity index (χ4n) is 0.941. The number of hydrogen-bond acceptors (Lipinski definition) is 1. The van der Waals surface area contributed by atoms with Gasteiger partial charge < -0.3 is 4.43 Å². The number of rotatable bonds is 3. The summed E-state index contributed by atoms with van der Waals surface area (Å²) in [5.74, 6) is 0. The molecule has 0 saturated carbocycles. The Morgan fingerprint density at radius 1 is 1.36 bits per heavy atom. The van der Waals surface area contributed by atoms with Crippen LogP contribution < -0.4 is 5.19 Å². The van der Waals surface area contributed by atoms with Crippen molar-refractivity contribution in [1.82, 2.24) is 0 Å². The molecule has 0 N–H and O–H groups in total. The summed E-state index contributed by atoms with van der Waals surface area (Å²) < 4.78 is 5.71. The lowest BCUT2D eigenvalue weighted by Crippen LogP contribution is -2.28. The summed E-state index contributed by atoms with van der Waals surface area (Å²) in [5, 5.41) is 1.22. The normalized spacial score (nSPS) is 11.4. The first kappa shape index (κ1) is 11.2. The van der Waals surface area contributed by atoms with E-state index in [1.54, 1.807) is 0 Å². The first-order valence-corrected chi connectivity index (χ1v) is 5.58. The standard InChI is InChI=1S/C12H16OSi/c1-5-10-7-6-8-11(9-10)14-13-12(2,3)4/h5-9H,1H2,2-4H3. The van der Waals surface area contributed by atoms with Crippen LogP contribution >= 0.6 is 0 Å². The Kier molecular flexibility index (Phi) is 3.67. The Hall–Kier alpha value is -0.863. The monoisotopic (exact) mass is 204 g/mol. The lowest BCUT2D eigenvalue weighted by atomic mass is 10.2. The second kappa shape index (κ2) is 4.58. The predicted octanol–water partition coefficient (Wildman–Crippen LogP) is 2.39. The second-order valence-corrected chi connectivity index (χ2v) is 5.13. The third-order valence-electron chi connectivity index (χ3n) is 1.60. The summed E-state index contributed by atoms with van der Waals surface area (Å²) in [6, 6.07) is 8.26. The topological polar surface area (TPSA) is 9.23 Å². The van der Waals surface area contributed by atoms with Crippen LogP contribution in [-0.4, -0.2) is 15.4 Å². The summed E-state index contributed by atoms with van der Waals surface area (Å²) in [5.41, 5.74) is 1.08. The molecular formula is C12H16OSi. The zero-order chi connectivity index (χ0) is 10.6. The fourth-order valence-corrected chi connectivity index (χ4v) is 1.76. The Morgan fingerprint density at radius 3 is 2.64 bits per heavy atom. The minimum atomic E-state index is -0.0668. The molecule has 1 aromatic carbocycles. The quantitative estimate of drug-likeness (QED) is 0.687. The molecule has 2 heteroatoms. The predicted molar refractivity (Wildman–Crippen MR) is 62.8 cm³/mol. The molecule has 0 aliphatic carbocycles. The molecule has 0 saturated heterocycles. The largest absolute Gasteiger partial charge is 0.407 e. The Bertz CT molecular complexity index is 312. The van der Waals surface area contributed by atoms with Crippen molar-refractivity contribution in [3.8, 4) is 0 Å². The highest BCUT2D eigenvalue weighted by Gasteiger charge is 2.10. The van der Waals surface area contributed by atoms with E-state index >= 15 is 0 Å². The maximum absolute atomic E-state index is 5.71. The van der Waals surface area contributed by atoms with Crippen LogP contribution in [0.15, 0.2) is 30.8 Å². The van der Waals surface area contributed by atoms with E-state index in [1.807, 2.05) is 18.2 Å². The molecule has 2 radical (unpaired) electrons. The third kappa shape index (κ3) is 3.90. The molecule has 0 amide bonds. The highest BCUT2D eigenvalue weighted by Crippen LogP contribution is 2.05. The lowest BCUT2D eigenvalue weighted by Gasteiger charge is -2.19. The van der Waals surface area contributed by atoms with Crippen molar-refractivity contribution in [2.24, 2.45) is 0 Å². The molecule has 1 rings (SSSR count). The maximum Gasteiger partial charge on any atom is 0.269 e. The van der Waals surface area contributed by atoms with Gasteiger partial charge in [-0.1, -0.05) is 36.9 Å². The van der Waals surface area contributed by atoms with Crippen molar-refractivity contribution in [3.63, 3.8) is 0 Å². The minimum absolute atomic E-state index is 0.0668. The first-order valence-electron chi connectivity index (χ1n) is 4.68. The fraction of sp³-hybridized carbons (Fsp3) is 0.333.